The Hall–Kier alpha value is -1.26. The monoisotopic (exact) mass is 344 g/mol. The maximum atomic E-state index is 13.5. The minimum absolute atomic E-state index is 0.0502. The molecular formula is C21H28O4. The number of Topliss-reactive ketones (excluding diaryl/α,β-unsaturated/α-hetero) is 2. The lowest BCUT2D eigenvalue weighted by Crippen LogP contribution is -2.59. The van der Waals surface area contributed by atoms with Crippen LogP contribution in [0.4, 0.5) is 0 Å². The first kappa shape index (κ1) is 17.2. The van der Waals surface area contributed by atoms with Crippen molar-refractivity contribution in [2.75, 3.05) is 0 Å². The van der Waals surface area contributed by atoms with Gasteiger partial charge in [-0.1, -0.05) is 47.6 Å². The van der Waals surface area contributed by atoms with Gasteiger partial charge in [0.2, 0.25) is 0 Å². The Kier molecular flexibility index (Phi) is 2.98. The summed E-state index contributed by atoms with van der Waals surface area (Å²) in [7, 11) is 0. The standard InChI is InChI=1S/C21H28O4/c1-17(2,3)12-10-13(18(4,5)6)14(22)21(11-12)16-15(23)20(8-9-20)19(7,24-16)25-21/h10-11,16H,8-9H2,1-7H3. The lowest BCUT2D eigenvalue weighted by atomic mass is 9.67. The van der Waals surface area contributed by atoms with Crippen LogP contribution in [0, 0.1) is 16.2 Å². The van der Waals surface area contributed by atoms with E-state index in [1.807, 2.05) is 39.8 Å². The lowest BCUT2D eigenvalue weighted by molar-refractivity contribution is -0.198. The summed E-state index contributed by atoms with van der Waals surface area (Å²) in [5.41, 5.74) is -0.591. The average molecular weight is 344 g/mol. The average Bonchev–Trinajstić information content (AvgIpc) is 3.16. The van der Waals surface area contributed by atoms with Crippen molar-refractivity contribution < 1.29 is 19.1 Å². The van der Waals surface area contributed by atoms with Crippen molar-refractivity contribution in [1.29, 1.82) is 0 Å². The fraction of sp³-hybridized carbons (Fsp3) is 0.714. The zero-order valence-corrected chi connectivity index (χ0v) is 16.3. The molecule has 2 aliphatic carbocycles. The van der Waals surface area contributed by atoms with Crippen LogP contribution in [0.1, 0.15) is 61.3 Å². The smallest absolute Gasteiger partial charge is 0.198 e. The molecule has 3 atom stereocenters. The SMILES string of the molecule is CC(C)(C)C1=CC2(OC3(C)OC2C(=O)C32CC2)C(=O)C(C(C)(C)C)=C1. The molecule has 0 aromatic carbocycles. The minimum Gasteiger partial charge on any atom is -0.334 e. The quantitative estimate of drug-likeness (QED) is 0.672. The molecule has 0 aromatic heterocycles. The van der Waals surface area contributed by atoms with Crippen LogP contribution in [0.5, 0.6) is 0 Å². The molecule has 4 nitrogen and oxygen atoms in total. The van der Waals surface area contributed by atoms with Crippen molar-refractivity contribution >= 4 is 11.6 Å². The van der Waals surface area contributed by atoms with Gasteiger partial charge in [0.15, 0.2) is 29.1 Å². The van der Waals surface area contributed by atoms with Crippen LogP contribution in [-0.2, 0) is 19.1 Å². The molecule has 0 radical (unpaired) electrons. The summed E-state index contributed by atoms with van der Waals surface area (Å²) in [5, 5.41) is 0. The number of carbonyl (C=O) groups excluding carboxylic acids is 2. The lowest BCUT2D eigenvalue weighted by Gasteiger charge is -2.42. The van der Waals surface area contributed by atoms with Crippen molar-refractivity contribution in [1.82, 2.24) is 0 Å². The van der Waals surface area contributed by atoms with Crippen LogP contribution in [-0.4, -0.2) is 29.1 Å². The number of carbonyl (C=O) groups is 2. The van der Waals surface area contributed by atoms with Crippen LogP contribution >= 0.6 is 0 Å². The van der Waals surface area contributed by atoms with Gasteiger partial charge in [0.1, 0.15) is 0 Å². The summed E-state index contributed by atoms with van der Waals surface area (Å²) in [6, 6.07) is 0. The summed E-state index contributed by atoms with van der Waals surface area (Å²) >= 11 is 0. The summed E-state index contributed by atoms with van der Waals surface area (Å²) in [4.78, 5) is 26.6. The van der Waals surface area contributed by atoms with Crippen molar-refractivity contribution in [3.8, 4) is 0 Å². The van der Waals surface area contributed by atoms with Crippen molar-refractivity contribution in [2.45, 2.75) is 78.8 Å². The highest BCUT2D eigenvalue weighted by molar-refractivity contribution is 6.12. The largest absolute Gasteiger partial charge is 0.334 e. The van der Waals surface area contributed by atoms with Crippen molar-refractivity contribution in [3.05, 3.63) is 23.3 Å². The van der Waals surface area contributed by atoms with Gasteiger partial charge in [-0.2, -0.15) is 0 Å². The molecule has 2 heterocycles. The Balaban J connectivity index is 1.88. The van der Waals surface area contributed by atoms with Crippen LogP contribution in [0.2, 0.25) is 0 Å². The van der Waals surface area contributed by atoms with Gasteiger partial charge in [-0.25, -0.2) is 0 Å². The molecule has 2 saturated heterocycles. The minimum atomic E-state index is -1.31. The van der Waals surface area contributed by atoms with Gasteiger partial charge in [0, 0.05) is 5.57 Å². The van der Waals surface area contributed by atoms with E-state index in [0.29, 0.717) is 5.57 Å². The molecule has 0 amide bonds. The highest BCUT2D eigenvalue weighted by Gasteiger charge is 2.81. The molecule has 2 bridgehead atoms. The maximum Gasteiger partial charge on any atom is 0.198 e. The van der Waals surface area contributed by atoms with E-state index in [1.165, 1.54) is 0 Å². The molecular weight excluding hydrogens is 316 g/mol. The molecule has 2 spiro atoms. The fourth-order valence-electron chi connectivity index (χ4n) is 4.50. The van der Waals surface area contributed by atoms with E-state index in [-0.39, 0.29) is 22.4 Å². The van der Waals surface area contributed by atoms with Gasteiger partial charge in [-0.05, 0) is 42.2 Å². The van der Waals surface area contributed by atoms with Crippen LogP contribution in [0.15, 0.2) is 23.3 Å². The first-order valence-corrected chi connectivity index (χ1v) is 9.20. The number of hydrogen-bond acceptors (Lipinski definition) is 4. The number of allylic oxidation sites excluding steroid dienone is 2. The predicted octanol–water partition coefficient (Wildman–Crippen LogP) is 3.75. The molecule has 2 aliphatic heterocycles. The van der Waals surface area contributed by atoms with E-state index in [2.05, 4.69) is 20.8 Å². The van der Waals surface area contributed by atoms with E-state index in [4.69, 9.17) is 9.47 Å². The Bertz CT molecular complexity index is 754. The second-order valence-corrected chi connectivity index (χ2v) is 10.3. The van der Waals surface area contributed by atoms with E-state index in [9.17, 15) is 9.59 Å². The Morgan fingerprint density at radius 1 is 1.04 bits per heavy atom. The van der Waals surface area contributed by atoms with Gasteiger partial charge in [-0.3, -0.25) is 9.59 Å². The van der Waals surface area contributed by atoms with Crippen LogP contribution < -0.4 is 0 Å². The van der Waals surface area contributed by atoms with E-state index in [0.717, 1.165) is 18.4 Å². The zero-order valence-electron chi connectivity index (χ0n) is 16.3. The molecule has 1 saturated carbocycles. The summed E-state index contributed by atoms with van der Waals surface area (Å²) in [5.74, 6) is -1.05. The first-order valence-electron chi connectivity index (χ1n) is 9.20. The Morgan fingerprint density at radius 2 is 1.64 bits per heavy atom. The van der Waals surface area contributed by atoms with E-state index >= 15 is 0 Å². The van der Waals surface area contributed by atoms with Gasteiger partial charge in [0.25, 0.3) is 0 Å². The third kappa shape index (κ3) is 1.95. The topological polar surface area (TPSA) is 52.6 Å². The number of ether oxygens (including phenoxy) is 2. The van der Waals surface area contributed by atoms with E-state index in [1.54, 1.807) is 0 Å². The number of ketones is 2. The number of rotatable bonds is 0. The summed E-state index contributed by atoms with van der Waals surface area (Å²) in [6.07, 6.45) is 4.62. The van der Waals surface area contributed by atoms with Crippen molar-refractivity contribution in [2.24, 2.45) is 16.2 Å². The fourth-order valence-corrected chi connectivity index (χ4v) is 4.50. The molecule has 136 valence electrons. The third-order valence-corrected chi connectivity index (χ3v) is 6.37. The molecule has 4 aliphatic rings. The second kappa shape index (κ2) is 4.34. The van der Waals surface area contributed by atoms with Crippen molar-refractivity contribution in [3.63, 3.8) is 0 Å². The molecule has 3 fully saturated rings. The maximum absolute atomic E-state index is 13.5. The molecule has 0 aromatic rings. The number of hydrogen-bond donors (Lipinski definition) is 0. The van der Waals surface area contributed by atoms with Gasteiger partial charge in [-0.15, -0.1) is 0 Å². The summed E-state index contributed by atoms with van der Waals surface area (Å²) < 4.78 is 12.4. The Morgan fingerprint density at radius 3 is 2.08 bits per heavy atom. The molecule has 3 unspecified atom stereocenters. The highest BCUT2D eigenvalue weighted by atomic mass is 16.8. The normalized spacial score (nSPS) is 39.2. The van der Waals surface area contributed by atoms with Gasteiger partial charge >= 0.3 is 0 Å². The second-order valence-electron chi connectivity index (χ2n) is 10.3. The Labute approximate surface area is 149 Å². The van der Waals surface area contributed by atoms with E-state index < -0.39 is 22.9 Å². The first-order chi connectivity index (χ1) is 11.3. The highest BCUT2D eigenvalue weighted by Crippen LogP contribution is 2.68. The zero-order chi connectivity index (χ0) is 18.6. The van der Waals surface area contributed by atoms with Crippen LogP contribution in [0.3, 0.4) is 0 Å². The molecule has 4 rings (SSSR count). The molecule has 0 N–H and O–H groups in total. The molecule has 4 heteroatoms. The number of fused-ring (bicyclic) bond motifs is 4. The third-order valence-electron chi connectivity index (χ3n) is 6.37. The predicted molar refractivity (Wildman–Crippen MR) is 93.9 cm³/mol. The van der Waals surface area contributed by atoms with Gasteiger partial charge in [0.05, 0.1) is 5.41 Å². The van der Waals surface area contributed by atoms with Gasteiger partial charge < -0.3 is 9.47 Å². The van der Waals surface area contributed by atoms with Crippen LogP contribution in [0.25, 0.3) is 0 Å². The molecule has 25 heavy (non-hydrogen) atoms. The summed E-state index contributed by atoms with van der Waals surface area (Å²) in [6.45, 7) is 14.2.